The first kappa shape index (κ1) is 21.1. The van der Waals surface area contributed by atoms with Gasteiger partial charge in [-0.25, -0.2) is 4.98 Å². The molecule has 5 heteroatoms. The van der Waals surface area contributed by atoms with E-state index in [9.17, 15) is 9.90 Å². The number of aryl methyl sites for hydroxylation is 1. The summed E-state index contributed by atoms with van der Waals surface area (Å²) in [6.07, 6.45) is 3.41. The van der Waals surface area contributed by atoms with Crippen molar-refractivity contribution < 1.29 is 14.6 Å². The minimum Gasteiger partial charge on any atom is -0.495 e. The fourth-order valence-electron chi connectivity index (χ4n) is 4.41. The number of aliphatic hydroxyl groups is 1. The van der Waals surface area contributed by atoms with Crippen LogP contribution in [-0.2, 0) is 13.0 Å². The Hall–Kier alpha value is -3.18. The van der Waals surface area contributed by atoms with Gasteiger partial charge < -0.3 is 14.7 Å². The summed E-state index contributed by atoms with van der Waals surface area (Å²) in [6, 6.07) is 18.2. The summed E-state index contributed by atoms with van der Waals surface area (Å²) in [6.45, 7) is 3.46. The zero-order valence-electron chi connectivity index (χ0n) is 18.0. The SMILES string of the molecule is CCc1ccccc1-c1ccc(C2CCN(C(=O)c3ccc(OC)cn3)C2)c(CO)c1. The molecule has 0 aliphatic carbocycles. The Bertz CT molecular complexity index is 1060. The molecule has 3 aromatic rings. The Balaban J connectivity index is 1.54. The van der Waals surface area contributed by atoms with Crippen LogP contribution in [0, 0.1) is 0 Å². The quantitative estimate of drug-likeness (QED) is 0.645. The van der Waals surface area contributed by atoms with E-state index in [0.29, 0.717) is 24.5 Å². The van der Waals surface area contributed by atoms with Crippen molar-refractivity contribution >= 4 is 5.91 Å². The standard InChI is InChI=1S/C26H28N2O3/c1-3-18-6-4-5-7-23(18)19-8-10-24(21(14-19)17-29)20-12-13-28(16-20)26(30)25-11-9-22(31-2)15-27-25/h4-11,14-15,20,29H,3,12-13,16-17H2,1-2H3. The molecule has 0 bridgehead atoms. The normalized spacial score (nSPS) is 15.8. The van der Waals surface area contributed by atoms with Crippen LogP contribution >= 0.6 is 0 Å². The monoisotopic (exact) mass is 416 g/mol. The van der Waals surface area contributed by atoms with Crippen LogP contribution in [0.1, 0.15) is 46.4 Å². The second-order valence-electron chi connectivity index (χ2n) is 7.90. The number of hydrogen-bond donors (Lipinski definition) is 1. The Morgan fingerprint density at radius 2 is 2.00 bits per heavy atom. The van der Waals surface area contributed by atoms with Gasteiger partial charge in [0.1, 0.15) is 11.4 Å². The van der Waals surface area contributed by atoms with Crippen molar-refractivity contribution in [2.45, 2.75) is 32.3 Å². The zero-order valence-corrected chi connectivity index (χ0v) is 18.0. The maximum Gasteiger partial charge on any atom is 0.272 e. The average molecular weight is 417 g/mol. The van der Waals surface area contributed by atoms with Gasteiger partial charge in [0, 0.05) is 19.0 Å². The van der Waals surface area contributed by atoms with E-state index in [1.165, 1.54) is 11.1 Å². The van der Waals surface area contributed by atoms with Gasteiger partial charge in [0.15, 0.2) is 0 Å². The third-order valence-electron chi connectivity index (χ3n) is 6.13. The molecular formula is C26H28N2O3. The van der Waals surface area contributed by atoms with E-state index in [1.807, 2.05) is 4.90 Å². The summed E-state index contributed by atoms with van der Waals surface area (Å²) in [5, 5.41) is 10.1. The number of amides is 1. The molecule has 0 spiro atoms. The minimum absolute atomic E-state index is 0.0120. The first-order chi connectivity index (χ1) is 15.1. The van der Waals surface area contributed by atoms with E-state index >= 15 is 0 Å². The molecule has 1 aliphatic heterocycles. The molecule has 0 saturated carbocycles. The van der Waals surface area contributed by atoms with Crippen molar-refractivity contribution in [3.8, 4) is 16.9 Å². The van der Waals surface area contributed by atoms with Crippen LogP contribution in [-0.4, -0.2) is 41.1 Å². The molecule has 2 aromatic carbocycles. The maximum absolute atomic E-state index is 12.9. The molecule has 1 aromatic heterocycles. The topological polar surface area (TPSA) is 62.7 Å². The van der Waals surface area contributed by atoms with Gasteiger partial charge >= 0.3 is 0 Å². The van der Waals surface area contributed by atoms with Gasteiger partial charge in [0.25, 0.3) is 5.91 Å². The van der Waals surface area contributed by atoms with E-state index in [4.69, 9.17) is 4.74 Å². The molecule has 1 atom stereocenters. The van der Waals surface area contributed by atoms with Crippen LogP contribution in [0.2, 0.25) is 0 Å². The van der Waals surface area contributed by atoms with Gasteiger partial charge in [-0.05, 0) is 58.9 Å². The van der Waals surface area contributed by atoms with Gasteiger partial charge in [0.05, 0.1) is 19.9 Å². The van der Waals surface area contributed by atoms with Crippen LogP contribution in [0.25, 0.3) is 11.1 Å². The van der Waals surface area contributed by atoms with Gasteiger partial charge in [0.2, 0.25) is 0 Å². The van der Waals surface area contributed by atoms with Crippen LogP contribution in [0.5, 0.6) is 5.75 Å². The fourth-order valence-corrected chi connectivity index (χ4v) is 4.41. The average Bonchev–Trinajstić information content (AvgIpc) is 3.33. The van der Waals surface area contributed by atoms with E-state index in [1.54, 1.807) is 25.4 Å². The number of benzene rings is 2. The van der Waals surface area contributed by atoms with Gasteiger partial charge in [-0.2, -0.15) is 0 Å². The molecule has 4 rings (SSSR count). The van der Waals surface area contributed by atoms with E-state index in [-0.39, 0.29) is 18.4 Å². The number of likely N-dealkylation sites (tertiary alicyclic amines) is 1. The van der Waals surface area contributed by atoms with Crippen molar-refractivity contribution in [1.29, 1.82) is 0 Å². The Morgan fingerprint density at radius 3 is 2.71 bits per heavy atom. The van der Waals surface area contributed by atoms with Gasteiger partial charge in [-0.1, -0.05) is 43.3 Å². The molecule has 31 heavy (non-hydrogen) atoms. The van der Waals surface area contributed by atoms with E-state index in [0.717, 1.165) is 29.5 Å². The largest absolute Gasteiger partial charge is 0.495 e. The molecule has 1 amide bonds. The van der Waals surface area contributed by atoms with Crippen molar-refractivity contribution in [2.24, 2.45) is 0 Å². The Morgan fingerprint density at radius 1 is 1.16 bits per heavy atom. The van der Waals surface area contributed by atoms with E-state index in [2.05, 4.69) is 54.4 Å². The summed E-state index contributed by atoms with van der Waals surface area (Å²) < 4.78 is 5.12. The number of hydrogen-bond acceptors (Lipinski definition) is 4. The number of pyridine rings is 1. The van der Waals surface area contributed by atoms with Crippen molar-refractivity contribution in [2.75, 3.05) is 20.2 Å². The molecule has 160 valence electrons. The number of ether oxygens (including phenoxy) is 1. The number of methoxy groups -OCH3 is 1. The molecule has 1 unspecified atom stereocenters. The van der Waals surface area contributed by atoms with Crippen LogP contribution in [0.15, 0.2) is 60.8 Å². The van der Waals surface area contributed by atoms with Crippen LogP contribution in [0.3, 0.4) is 0 Å². The van der Waals surface area contributed by atoms with Crippen molar-refractivity contribution in [3.63, 3.8) is 0 Å². The van der Waals surface area contributed by atoms with E-state index < -0.39 is 0 Å². The second-order valence-corrected chi connectivity index (χ2v) is 7.90. The predicted molar refractivity (Wildman–Crippen MR) is 121 cm³/mol. The minimum atomic E-state index is -0.0656. The molecular weight excluding hydrogens is 388 g/mol. The van der Waals surface area contributed by atoms with Crippen LogP contribution < -0.4 is 4.74 Å². The molecule has 0 radical (unpaired) electrons. The lowest BCUT2D eigenvalue weighted by atomic mass is 9.89. The predicted octanol–water partition coefficient (Wildman–Crippen LogP) is 4.44. The Labute approximate surface area is 183 Å². The summed E-state index contributed by atoms with van der Waals surface area (Å²) in [7, 11) is 1.58. The summed E-state index contributed by atoms with van der Waals surface area (Å²) in [4.78, 5) is 18.9. The van der Waals surface area contributed by atoms with Crippen molar-refractivity contribution in [1.82, 2.24) is 9.88 Å². The second kappa shape index (κ2) is 9.31. The number of aromatic nitrogens is 1. The summed E-state index contributed by atoms with van der Waals surface area (Å²) in [5.74, 6) is 0.775. The molecule has 1 fully saturated rings. The highest BCUT2D eigenvalue weighted by Gasteiger charge is 2.30. The number of nitrogens with zero attached hydrogens (tertiary/aromatic N) is 2. The summed E-state index contributed by atoms with van der Waals surface area (Å²) >= 11 is 0. The highest BCUT2D eigenvalue weighted by molar-refractivity contribution is 5.92. The molecule has 1 aliphatic rings. The number of aliphatic hydroxyl groups excluding tert-OH is 1. The Kier molecular flexibility index (Phi) is 6.33. The smallest absolute Gasteiger partial charge is 0.272 e. The van der Waals surface area contributed by atoms with Gasteiger partial charge in [-0.15, -0.1) is 0 Å². The van der Waals surface area contributed by atoms with Crippen molar-refractivity contribution in [3.05, 3.63) is 83.2 Å². The first-order valence-electron chi connectivity index (χ1n) is 10.8. The lowest BCUT2D eigenvalue weighted by Crippen LogP contribution is -2.29. The zero-order chi connectivity index (χ0) is 21.8. The lowest BCUT2D eigenvalue weighted by Gasteiger charge is -2.19. The molecule has 5 nitrogen and oxygen atoms in total. The van der Waals surface area contributed by atoms with Gasteiger partial charge in [-0.3, -0.25) is 4.79 Å². The third kappa shape index (κ3) is 4.32. The van der Waals surface area contributed by atoms with Crippen LogP contribution in [0.4, 0.5) is 0 Å². The molecule has 1 N–H and O–H groups in total. The molecule has 1 saturated heterocycles. The highest BCUT2D eigenvalue weighted by atomic mass is 16.5. The number of carbonyl (C=O) groups is 1. The third-order valence-corrected chi connectivity index (χ3v) is 6.13. The number of rotatable bonds is 6. The maximum atomic E-state index is 12.9. The lowest BCUT2D eigenvalue weighted by molar-refractivity contribution is 0.0785. The summed E-state index contributed by atoms with van der Waals surface area (Å²) in [5.41, 5.74) is 6.11. The molecule has 2 heterocycles. The highest BCUT2D eigenvalue weighted by Crippen LogP contribution is 2.34. The number of carbonyl (C=O) groups excluding carboxylic acids is 1. The fraction of sp³-hybridized carbons (Fsp3) is 0.308. The first-order valence-corrected chi connectivity index (χ1v) is 10.8.